The van der Waals surface area contributed by atoms with E-state index in [1.807, 2.05) is 5.56 Å². The molecule has 1 nitrogen and oxygen atoms in total. The minimum atomic E-state index is 0.127. The molecule has 13 rings (SSSR count). The quantitative estimate of drug-likeness (QED) is 0.395. The Morgan fingerprint density at radius 3 is 1.10 bits per heavy atom. The minimum Gasteiger partial charge on any atom is -0.508 e. The van der Waals surface area contributed by atoms with Gasteiger partial charge in [0, 0.05) is 11.0 Å². The monoisotopic (exact) mass is 552 g/mol. The van der Waals surface area contributed by atoms with Crippen LogP contribution in [-0.4, -0.2) is 5.11 Å². The fourth-order valence-corrected chi connectivity index (χ4v) is 16.2. The summed E-state index contributed by atoms with van der Waals surface area (Å²) in [5.74, 6) is 9.24. The first-order chi connectivity index (χ1) is 19.6. The van der Waals surface area contributed by atoms with E-state index in [0.29, 0.717) is 10.8 Å². The van der Waals surface area contributed by atoms with Crippen LogP contribution >= 0.6 is 0 Å². The lowest BCUT2D eigenvalue weighted by Crippen LogP contribution is -2.54. The van der Waals surface area contributed by atoms with Crippen LogP contribution in [0.5, 0.6) is 5.75 Å². The third kappa shape index (κ3) is 3.48. The number of hydrogen-bond acceptors (Lipinski definition) is 1. The van der Waals surface area contributed by atoms with Gasteiger partial charge >= 0.3 is 0 Å². The highest BCUT2D eigenvalue weighted by atomic mass is 16.3. The molecule has 0 heterocycles. The molecule has 1 aromatic carbocycles. The van der Waals surface area contributed by atoms with E-state index in [4.69, 9.17) is 0 Å². The lowest BCUT2D eigenvalue weighted by atomic mass is 9.42. The third-order valence-electron chi connectivity index (χ3n) is 15.8. The first kappa shape index (κ1) is 25.4. The summed E-state index contributed by atoms with van der Waals surface area (Å²) in [4.78, 5) is 0. The molecule has 222 valence electrons. The van der Waals surface area contributed by atoms with Gasteiger partial charge in [-0.2, -0.15) is 0 Å². The van der Waals surface area contributed by atoms with Gasteiger partial charge in [0.15, 0.2) is 0 Å². The molecule has 0 radical (unpaired) electrons. The number of hydrogen-bond donors (Lipinski definition) is 1. The third-order valence-corrected chi connectivity index (χ3v) is 15.8. The molecule has 12 aliphatic rings. The van der Waals surface area contributed by atoms with Crippen molar-refractivity contribution in [2.75, 3.05) is 0 Å². The number of benzene rings is 1. The summed E-state index contributed by atoms with van der Waals surface area (Å²) in [6.45, 7) is 7.74. The fraction of sp³-hybridized carbons (Fsp3) is 0.850. The number of aromatic hydroxyl groups is 1. The number of phenolic OH excluding ortho intramolecular Hbond substituents is 1. The Bertz CT molecular complexity index is 1180. The molecule has 0 saturated heterocycles. The molecule has 12 aliphatic carbocycles. The predicted octanol–water partition coefficient (Wildman–Crippen LogP) is 10.1. The molecule has 12 bridgehead atoms. The molecule has 1 N–H and O–H groups in total. The summed E-state index contributed by atoms with van der Waals surface area (Å²) in [5, 5.41) is 12.7. The van der Waals surface area contributed by atoms with Gasteiger partial charge in [-0.3, -0.25) is 0 Å². The zero-order chi connectivity index (χ0) is 27.5. The lowest BCUT2D eigenvalue weighted by Gasteiger charge is -2.62. The van der Waals surface area contributed by atoms with E-state index < -0.39 is 0 Å². The van der Waals surface area contributed by atoms with E-state index in [2.05, 4.69) is 26.8 Å². The van der Waals surface area contributed by atoms with Crippen LogP contribution < -0.4 is 0 Å². The van der Waals surface area contributed by atoms with Crippen LogP contribution in [0.4, 0.5) is 0 Å². The van der Waals surface area contributed by atoms with Crippen LogP contribution in [0.25, 0.3) is 0 Å². The molecule has 1 heteroatoms. The Labute approximate surface area is 250 Å². The van der Waals surface area contributed by atoms with Crippen molar-refractivity contribution in [2.45, 2.75) is 158 Å². The van der Waals surface area contributed by atoms with E-state index >= 15 is 0 Å². The average Bonchev–Trinajstić information content (AvgIpc) is 2.85. The van der Waals surface area contributed by atoms with E-state index in [9.17, 15) is 5.11 Å². The van der Waals surface area contributed by atoms with Gasteiger partial charge in [-0.05, 0) is 208 Å². The number of rotatable bonds is 3. The van der Waals surface area contributed by atoms with Crippen molar-refractivity contribution >= 4 is 0 Å². The summed E-state index contributed by atoms with van der Waals surface area (Å²) in [5.41, 5.74) is 7.93. The Morgan fingerprint density at radius 1 is 0.488 bits per heavy atom. The van der Waals surface area contributed by atoms with E-state index in [1.165, 1.54) is 116 Å². The Kier molecular flexibility index (Phi) is 4.94. The van der Waals surface area contributed by atoms with E-state index in [0.717, 1.165) is 59.0 Å². The van der Waals surface area contributed by atoms with Crippen LogP contribution in [0.3, 0.4) is 0 Å². The normalized spacial score (nSPS) is 52.1. The van der Waals surface area contributed by atoms with Crippen molar-refractivity contribution in [3.63, 3.8) is 0 Å². The predicted molar refractivity (Wildman–Crippen MR) is 166 cm³/mol. The maximum absolute atomic E-state index is 12.7. The molecule has 0 unspecified atom stereocenters. The standard InChI is InChI=1S/C40H56O/c1-37(2,3)34-32(38-14-23-4-24(15-38)6-25(5-23)16-38)13-33(41)35(39-17-26-7-27(18-39)9-28(8-26)19-39)36(34)40-20-29-10-30(21-40)12-31(11-29)22-40/h13,23-31,41H,4-12,14-22H2,1-3H3. The molecule has 0 atom stereocenters. The van der Waals surface area contributed by atoms with E-state index in [1.54, 1.807) is 16.7 Å². The topological polar surface area (TPSA) is 20.2 Å². The zero-order valence-corrected chi connectivity index (χ0v) is 26.4. The van der Waals surface area contributed by atoms with Crippen molar-refractivity contribution in [3.8, 4) is 5.75 Å². The second kappa shape index (κ2) is 7.99. The van der Waals surface area contributed by atoms with Crippen molar-refractivity contribution < 1.29 is 5.11 Å². The first-order valence-electron chi connectivity index (χ1n) is 18.5. The lowest BCUT2D eigenvalue weighted by molar-refractivity contribution is -0.0202. The van der Waals surface area contributed by atoms with Gasteiger partial charge in [0.05, 0.1) is 0 Å². The molecule has 1 aromatic rings. The van der Waals surface area contributed by atoms with Crippen LogP contribution in [0.1, 0.15) is 159 Å². The second-order valence-corrected chi connectivity index (χ2v) is 19.9. The van der Waals surface area contributed by atoms with Crippen LogP contribution in [0.2, 0.25) is 0 Å². The van der Waals surface area contributed by atoms with Crippen molar-refractivity contribution in [1.82, 2.24) is 0 Å². The summed E-state index contributed by atoms with van der Waals surface area (Å²) in [7, 11) is 0. The zero-order valence-electron chi connectivity index (χ0n) is 26.4. The summed E-state index contributed by atoms with van der Waals surface area (Å²) in [6, 6.07) is 2.49. The summed E-state index contributed by atoms with van der Waals surface area (Å²) in [6.07, 6.45) is 26.2. The van der Waals surface area contributed by atoms with Crippen LogP contribution in [0.15, 0.2) is 6.07 Å². The molecule has 41 heavy (non-hydrogen) atoms. The van der Waals surface area contributed by atoms with Crippen molar-refractivity contribution in [3.05, 3.63) is 28.3 Å². The largest absolute Gasteiger partial charge is 0.508 e. The Morgan fingerprint density at radius 2 is 0.780 bits per heavy atom. The smallest absolute Gasteiger partial charge is 0.119 e. The van der Waals surface area contributed by atoms with Gasteiger partial charge in [-0.15, -0.1) is 0 Å². The Hall–Kier alpha value is -0.980. The Balaban J connectivity index is 1.25. The van der Waals surface area contributed by atoms with Gasteiger partial charge < -0.3 is 5.11 Å². The highest BCUT2D eigenvalue weighted by Crippen LogP contribution is 2.70. The minimum absolute atomic E-state index is 0.127. The molecular weight excluding hydrogens is 496 g/mol. The SMILES string of the molecule is CC(C)(C)c1c(C23CC4CC(CC(C4)C2)C3)cc(O)c(C23CC4CC(CC(C4)C2)C3)c1C12CC3CC(CC(C3)C1)C2. The fourth-order valence-electron chi connectivity index (χ4n) is 16.2. The van der Waals surface area contributed by atoms with Gasteiger partial charge in [-0.25, -0.2) is 0 Å². The van der Waals surface area contributed by atoms with E-state index in [-0.39, 0.29) is 10.8 Å². The van der Waals surface area contributed by atoms with Crippen molar-refractivity contribution in [1.29, 1.82) is 0 Å². The van der Waals surface area contributed by atoms with Crippen molar-refractivity contribution in [2.24, 2.45) is 53.3 Å². The van der Waals surface area contributed by atoms with Crippen LogP contribution in [0, 0.1) is 53.3 Å². The maximum Gasteiger partial charge on any atom is 0.119 e. The molecular formula is C40H56O. The molecule has 0 aliphatic heterocycles. The summed E-state index contributed by atoms with van der Waals surface area (Å²) < 4.78 is 0. The van der Waals surface area contributed by atoms with Gasteiger partial charge in [-0.1, -0.05) is 20.8 Å². The van der Waals surface area contributed by atoms with Gasteiger partial charge in [0.1, 0.15) is 5.75 Å². The number of phenols is 1. The first-order valence-corrected chi connectivity index (χ1v) is 18.5. The highest BCUT2D eigenvalue weighted by molar-refractivity contribution is 5.61. The highest BCUT2D eigenvalue weighted by Gasteiger charge is 2.60. The van der Waals surface area contributed by atoms with Gasteiger partial charge in [0.25, 0.3) is 0 Å². The van der Waals surface area contributed by atoms with Gasteiger partial charge in [0.2, 0.25) is 0 Å². The second-order valence-electron chi connectivity index (χ2n) is 19.9. The average molecular weight is 553 g/mol. The molecule has 0 aromatic heterocycles. The van der Waals surface area contributed by atoms with Crippen LogP contribution in [-0.2, 0) is 21.7 Å². The molecule has 0 amide bonds. The maximum atomic E-state index is 12.7. The molecule has 12 saturated carbocycles. The summed E-state index contributed by atoms with van der Waals surface area (Å²) >= 11 is 0. The molecule has 0 spiro atoms. The molecule has 12 fully saturated rings.